The zero-order valence-electron chi connectivity index (χ0n) is 9.82. The molecule has 1 aromatic heterocycles. The zero-order valence-corrected chi connectivity index (χ0v) is 10.6. The van der Waals surface area contributed by atoms with Crippen LogP contribution in [0.5, 0.6) is 0 Å². The maximum absolute atomic E-state index is 12.3. The van der Waals surface area contributed by atoms with Crippen molar-refractivity contribution in [2.45, 2.75) is 38.6 Å². The van der Waals surface area contributed by atoms with Crippen LogP contribution in [0.25, 0.3) is 0 Å². The molecular formula is C13H17NOS. The molecule has 2 aliphatic rings. The maximum Gasteiger partial charge on any atom is 0.255 e. The Balaban J connectivity index is 2.19. The van der Waals surface area contributed by atoms with Crippen LogP contribution in [0.4, 0.5) is 0 Å². The van der Waals surface area contributed by atoms with Crippen LogP contribution in [-0.4, -0.2) is 17.4 Å². The Morgan fingerprint density at radius 3 is 3.00 bits per heavy atom. The largest absolute Gasteiger partial charge is 0.328 e. The van der Waals surface area contributed by atoms with E-state index in [9.17, 15) is 4.79 Å². The summed E-state index contributed by atoms with van der Waals surface area (Å²) in [4.78, 5) is 15.8. The monoisotopic (exact) mass is 235 g/mol. The van der Waals surface area contributed by atoms with Crippen molar-refractivity contribution in [3.8, 4) is 0 Å². The van der Waals surface area contributed by atoms with Gasteiger partial charge in [0.15, 0.2) is 0 Å². The minimum absolute atomic E-state index is 0.0266. The van der Waals surface area contributed by atoms with Crippen LogP contribution < -0.4 is 0 Å². The van der Waals surface area contributed by atoms with Crippen LogP contribution in [0.3, 0.4) is 0 Å². The second-order valence-electron chi connectivity index (χ2n) is 5.16. The normalized spacial score (nSPS) is 28.4. The third kappa shape index (κ3) is 1.05. The molecule has 3 rings (SSSR count). The molecule has 0 aliphatic carbocycles. The molecule has 1 fully saturated rings. The Kier molecular flexibility index (Phi) is 2.15. The Labute approximate surface area is 100 Å². The second-order valence-corrected chi connectivity index (χ2v) is 6.07. The molecule has 2 nitrogen and oxygen atoms in total. The van der Waals surface area contributed by atoms with Crippen LogP contribution in [0.15, 0.2) is 11.4 Å². The van der Waals surface area contributed by atoms with Crippen LogP contribution in [0, 0.1) is 5.92 Å². The minimum Gasteiger partial charge on any atom is -0.328 e. The van der Waals surface area contributed by atoms with E-state index in [1.54, 1.807) is 11.3 Å². The lowest BCUT2D eigenvalue weighted by Gasteiger charge is -2.45. The van der Waals surface area contributed by atoms with Crippen molar-refractivity contribution in [2.75, 3.05) is 6.54 Å². The first-order chi connectivity index (χ1) is 7.68. The second kappa shape index (κ2) is 3.33. The van der Waals surface area contributed by atoms with Gasteiger partial charge in [-0.3, -0.25) is 4.79 Å². The molecule has 86 valence electrons. The first kappa shape index (κ1) is 10.3. The number of carbonyl (C=O) groups is 1. The highest BCUT2D eigenvalue weighted by Crippen LogP contribution is 2.51. The van der Waals surface area contributed by atoms with Gasteiger partial charge in [-0.15, -0.1) is 11.3 Å². The Bertz CT molecular complexity index is 437. The first-order valence-electron chi connectivity index (χ1n) is 6.08. The summed E-state index contributed by atoms with van der Waals surface area (Å²) in [6.45, 7) is 5.44. The van der Waals surface area contributed by atoms with Crippen LogP contribution in [0.2, 0.25) is 0 Å². The fourth-order valence-corrected chi connectivity index (χ4v) is 4.61. The number of nitrogens with zero attached hydrogens (tertiary/aromatic N) is 1. The summed E-state index contributed by atoms with van der Waals surface area (Å²) in [5.74, 6) is 0.779. The van der Waals surface area contributed by atoms with Gasteiger partial charge in [-0.05, 0) is 36.6 Å². The van der Waals surface area contributed by atoms with E-state index in [1.165, 1.54) is 11.3 Å². The molecule has 0 spiro atoms. The van der Waals surface area contributed by atoms with Gasteiger partial charge in [0, 0.05) is 11.4 Å². The number of carbonyl (C=O) groups excluding carboxylic acids is 1. The van der Waals surface area contributed by atoms with E-state index in [0.29, 0.717) is 5.92 Å². The fourth-order valence-electron chi connectivity index (χ4n) is 3.34. The fraction of sp³-hybridized carbons (Fsp3) is 0.615. The topological polar surface area (TPSA) is 20.3 Å². The van der Waals surface area contributed by atoms with Crippen LogP contribution >= 0.6 is 11.3 Å². The number of hydrogen-bond acceptors (Lipinski definition) is 2. The van der Waals surface area contributed by atoms with E-state index in [4.69, 9.17) is 0 Å². The van der Waals surface area contributed by atoms with Crippen LogP contribution in [-0.2, 0) is 5.54 Å². The van der Waals surface area contributed by atoms with E-state index < -0.39 is 0 Å². The predicted molar refractivity (Wildman–Crippen MR) is 65.7 cm³/mol. The van der Waals surface area contributed by atoms with Gasteiger partial charge in [0.25, 0.3) is 5.91 Å². The molecule has 1 unspecified atom stereocenters. The summed E-state index contributed by atoms with van der Waals surface area (Å²) >= 11 is 1.77. The summed E-state index contributed by atoms with van der Waals surface area (Å²) in [5, 5.41) is 2.07. The molecule has 0 N–H and O–H groups in total. The van der Waals surface area contributed by atoms with E-state index in [-0.39, 0.29) is 11.4 Å². The van der Waals surface area contributed by atoms with Gasteiger partial charge in [0.05, 0.1) is 11.1 Å². The van der Waals surface area contributed by atoms with Gasteiger partial charge in [-0.1, -0.05) is 13.8 Å². The molecule has 3 heterocycles. The van der Waals surface area contributed by atoms with Crippen molar-refractivity contribution < 1.29 is 4.79 Å². The lowest BCUT2D eigenvalue weighted by Crippen LogP contribution is -2.50. The van der Waals surface area contributed by atoms with Crippen molar-refractivity contribution in [1.82, 2.24) is 4.90 Å². The first-order valence-corrected chi connectivity index (χ1v) is 6.96. The highest BCUT2D eigenvalue weighted by atomic mass is 32.1. The predicted octanol–water partition coefficient (Wildman–Crippen LogP) is 3.24. The molecule has 2 aliphatic heterocycles. The highest BCUT2D eigenvalue weighted by Gasteiger charge is 2.53. The Morgan fingerprint density at radius 1 is 1.44 bits per heavy atom. The average Bonchev–Trinajstić information content (AvgIpc) is 2.83. The van der Waals surface area contributed by atoms with Gasteiger partial charge < -0.3 is 4.90 Å². The molecular weight excluding hydrogens is 218 g/mol. The van der Waals surface area contributed by atoms with E-state index in [2.05, 4.69) is 24.1 Å². The van der Waals surface area contributed by atoms with Gasteiger partial charge in [-0.2, -0.15) is 0 Å². The van der Waals surface area contributed by atoms with Crippen molar-refractivity contribution >= 4 is 17.2 Å². The molecule has 1 saturated heterocycles. The summed E-state index contributed by atoms with van der Waals surface area (Å²) < 4.78 is 0. The summed E-state index contributed by atoms with van der Waals surface area (Å²) in [6, 6.07) is 2.00. The molecule has 0 radical (unpaired) electrons. The third-order valence-electron chi connectivity index (χ3n) is 4.16. The molecule has 3 heteroatoms. The van der Waals surface area contributed by atoms with Crippen LogP contribution in [0.1, 0.15) is 48.3 Å². The summed E-state index contributed by atoms with van der Waals surface area (Å²) in [6.07, 6.45) is 3.55. The van der Waals surface area contributed by atoms with Crippen molar-refractivity contribution in [2.24, 2.45) is 5.92 Å². The smallest absolute Gasteiger partial charge is 0.255 e. The summed E-state index contributed by atoms with van der Waals surface area (Å²) in [5.41, 5.74) is 0.999. The SMILES string of the molecule is CC(C)C12CCCCN1C(=O)c1ccsc12. The van der Waals surface area contributed by atoms with Gasteiger partial charge >= 0.3 is 0 Å². The Morgan fingerprint density at radius 2 is 2.25 bits per heavy atom. The van der Waals surface area contributed by atoms with E-state index in [0.717, 1.165) is 24.9 Å². The molecule has 1 atom stereocenters. The number of piperidine rings is 1. The lowest BCUT2D eigenvalue weighted by atomic mass is 9.78. The quantitative estimate of drug-likeness (QED) is 0.731. The number of fused-ring (bicyclic) bond motifs is 3. The molecule has 1 amide bonds. The third-order valence-corrected chi connectivity index (χ3v) is 5.24. The maximum atomic E-state index is 12.3. The average molecular weight is 235 g/mol. The number of thiophene rings is 1. The van der Waals surface area contributed by atoms with Gasteiger partial charge in [0.2, 0.25) is 0 Å². The molecule has 0 saturated carbocycles. The molecule has 16 heavy (non-hydrogen) atoms. The highest BCUT2D eigenvalue weighted by molar-refractivity contribution is 7.10. The standard InChI is InChI=1S/C13H17NOS/c1-9(2)13-6-3-4-7-14(13)12(15)10-5-8-16-11(10)13/h5,8-9H,3-4,6-7H2,1-2H3. The van der Waals surface area contributed by atoms with Gasteiger partial charge in [-0.25, -0.2) is 0 Å². The van der Waals surface area contributed by atoms with Crippen molar-refractivity contribution in [3.63, 3.8) is 0 Å². The number of hydrogen-bond donors (Lipinski definition) is 0. The van der Waals surface area contributed by atoms with E-state index in [1.807, 2.05) is 6.07 Å². The minimum atomic E-state index is 0.0266. The van der Waals surface area contributed by atoms with Crippen molar-refractivity contribution in [3.05, 3.63) is 21.9 Å². The van der Waals surface area contributed by atoms with Crippen molar-refractivity contribution in [1.29, 1.82) is 0 Å². The van der Waals surface area contributed by atoms with E-state index >= 15 is 0 Å². The lowest BCUT2D eigenvalue weighted by molar-refractivity contribution is 0.0212. The Hall–Kier alpha value is -0.830. The molecule has 1 aromatic rings. The van der Waals surface area contributed by atoms with Gasteiger partial charge in [0.1, 0.15) is 0 Å². The number of amides is 1. The summed E-state index contributed by atoms with van der Waals surface area (Å²) in [7, 11) is 0. The number of rotatable bonds is 1. The zero-order chi connectivity index (χ0) is 11.3. The molecule has 0 bridgehead atoms. The molecule has 0 aromatic carbocycles.